The van der Waals surface area contributed by atoms with Crippen molar-refractivity contribution in [2.24, 2.45) is 0 Å². The fraction of sp³-hybridized carbons (Fsp3) is 0.462. The average molecular weight is 270 g/mol. The highest BCUT2D eigenvalue weighted by Crippen LogP contribution is 2.38. The van der Waals surface area contributed by atoms with E-state index in [2.05, 4.69) is 6.92 Å². The topological polar surface area (TPSA) is 20.3 Å². The number of carbonyl (C=O) groups is 1. The van der Waals surface area contributed by atoms with Crippen LogP contribution in [0, 0.1) is 0 Å². The van der Waals surface area contributed by atoms with Crippen molar-refractivity contribution >= 4 is 29.3 Å². The largest absolute Gasteiger partial charge is 0.345 e. The zero-order valence-electron chi connectivity index (χ0n) is 10.0. The maximum absolute atomic E-state index is 11.8. The minimum atomic E-state index is 0.0891. The number of likely N-dealkylation sites (tertiary alicyclic amines) is 1. The van der Waals surface area contributed by atoms with Crippen LogP contribution < -0.4 is 0 Å². The van der Waals surface area contributed by atoms with Crippen molar-refractivity contribution < 1.29 is 4.79 Å². The van der Waals surface area contributed by atoms with E-state index in [1.54, 1.807) is 16.7 Å². The lowest BCUT2D eigenvalue weighted by atomic mass is 10.2. The molecule has 92 valence electrons. The molecular weight excluding hydrogens is 254 g/mol. The summed E-state index contributed by atoms with van der Waals surface area (Å²) in [6, 6.07) is 7.85. The standard InChI is InChI=1S/C13H16ClNOS/c1-9(10-5-3-4-6-11(10)14)17-12-7-8-15(2)13(12)16/h3-6,9,12H,7-8H2,1-2H3/t9-,12+/m0/s1. The molecule has 1 aromatic carbocycles. The van der Waals surface area contributed by atoms with Crippen LogP contribution in [0.15, 0.2) is 24.3 Å². The van der Waals surface area contributed by atoms with E-state index in [4.69, 9.17) is 11.6 Å². The fourth-order valence-corrected chi connectivity index (χ4v) is 3.79. The van der Waals surface area contributed by atoms with Crippen molar-refractivity contribution in [3.8, 4) is 0 Å². The van der Waals surface area contributed by atoms with Crippen molar-refractivity contribution in [3.05, 3.63) is 34.9 Å². The van der Waals surface area contributed by atoms with Gasteiger partial charge in [-0.3, -0.25) is 4.79 Å². The van der Waals surface area contributed by atoms with Gasteiger partial charge >= 0.3 is 0 Å². The van der Waals surface area contributed by atoms with Gasteiger partial charge in [-0.1, -0.05) is 29.8 Å². The minimum absolute atomic E-state index is 0.0891. The zero-order chi connectivity index (χ0) is 12.4. The van der Waals surface area contributed by atoms with Crippen LogP contribution in [-0.4, -0.2) is 29.6 Å². The fourth-order valence-electron chi connectivity index (χ4n) is 2.04. The summed E-state index contributed by atoms with van der Waals surface area (Å²) in [7, 11) is 1.86. The zero-order valence-corrected chi connectivity index (χ0v) is 11.6. The second kappa shape index (κ2) is 5.32. The molecular formula is C13H16ClNOS. The van der Waals surface area contributed by atoms with Crippen molar-refractivity contribution in [2.75, 3.05) is 13.6 Å². The van der Waals surface area contributed by atoms with Gasteiger partial charge in [0.05, 0.1) is 5.25 Å². The van der Waals surface area contributed by atoms with Gasteiger partial charge in [0.2, 0.25) is 5.91 Å². The Morgan fingerprint density at radius 3 is 2.76 bits per heavy atom. The van der Waals surface area contributed by atoms with Gasteiger partial charge in [-0.25, -0.2) is 0 Å². The van der Waals surface area contributed by atoms with Crippen LogP contribution in [0.2, 0.25) is 5.02 Å². The predicted molar refractivity (Wildman–Crippen MR) is 73.5 cm³/mol. The van der Waals surface area contributed by atoms with Crippen LogP contribution >= 0.6 is 23.4 Å². The van der Waals surface area contributed by atoms with Crippen LogP contribution in [-0.2, 0) is 4.79 Å². The SMILES string of the molecule is C[C@H](S[C@@H]1CCN(C)C1=O)c1ccccc1Cl. The number of hydrogen-bond acceptors (Lipinski definition) is 2. The molecule has 1 aliphatic rings. The number of carbonyl (C=O) groups excluding carboxylic acids is 1. The van der Waals surface area contributed by atoms with E-state index < -0.39 is 0 Å². The highest BCUT2D eigenvalue weighted by Gasteiger charge is 2.31. The molecule has 0 radical (unpaired) electrons. The first-order chi connectivity index (χ1) is 8.09. The lowest BCUT2D eigenvalue weighted by molar-refractivity contribution is -0.126. The van der Waals surface area contributed by atoms with E-state index in [9.17, 15) is 4.79 Å². The van der Waals surface area contributed by atoms with Gasteiger partial charge < -0.3 is 4.90 Å². The predicted octanol–water partition coefficient (Wildman–Crippen LogP) is 3.36. The molecule has 0 aliphatic carbocycles. The van der Waals surface area contributed by atoms with Gasteiger partial charge in [0.1, 0.15) is 0 Å². The Kier molecular flexibility index (Phi) is 4.00. The van der Waals surface area contributed by atoms with Crippen molar-refractivity contribution in [3.63, 3.8) is 0 Å². The second-order valence-corrected chi connectivity index (χ2v) is 6.29. The molecule has 1 fully saturated rings. The molecule has 1 heterocycles. The van der Waals surface area contributed by atoms with E-state index in [1.807, 2.05) is 31.3 Å². The van der Waals surface area contributed by atoms with Crippen molar-refractivity contribution in [2.45, 2.75) is 23.8 Å². The van der Waals surface area contributed by atoms with Gasteiger partial charge in [0, 0.05) is 23.9 Å². The van der Waals surface area contributed by atoms with Crippen molar-refractivity contribution in [1.29, 1.82) is 0 Å². The molecule has 0 bridgehead atoms. The molecule has 4 heteroatoms. The summed E-state index contributed by atoms with van der Waals surface area (Å²) in [4.78, 5) is 13.6. The molecule has 2 rings (SSSR count). The molecule has 1 aromatic rings. The molecule has 0 unspecified atom stereocenters. The molecule has 2 atom stereocenters. The third-order valence-electron chi connectivity index (χ3n) is 3.09. The van der Waals surface area contributed by atoms with Crippen LogP contribution in [0.1, 0.15) is 24.2 Å². The van der Waals surface area contributed by atoms with Crippen LogP contribution in [0.4, 0.5) is 0 Å². The number of hydrogen-bond donors (Lipinski definition) is 0. The summed E-state index contributed by atoms with van der Waals surface area (Å²) in [5.74, 6) is 0.244. The minimum Gasteiger partial charge on any atom is -0.345 e. The molecule has 0 saturated carbocycles. The molecule has 1 saturated heterocycles. The molecule has 1 aliphatic heterocycles. The third kappa shape index (κ3) is 2.78. The molecule has 1 amide bonds. The first-order valence-corrected chi connectivity index (χ1v) is 7.06. The highest BCUT2D eigenvalue weighted by molar-refractivity contribution is 8.00. The smallest absolute Gasteiger partial charge is 0.235 e. The molecule has 17 heavy (non-hydrogen) atoms. The Morgan fingerprint density at radius 1 is 1.47 bits per heavy atom. The van der Waals surface area contributed by atoms with E-state index in [1.165, 1.54) is 0 Å². The van der Waals surface area contributed by atoms with E-state index in [0.717, 1.165) is 23.6 Å². The Balaban J connectivity index is 2.05. The molecule has 0 aromatic heterocycles. The van der Waals surface area contributed by atoms with Gasteiger partial charge in [0.25, 0.3) is 0 Å². The maximum Gasteiger partial charge on any atom is 0.235 e. The summed E-state index contributed by atoms with van der Waals surface area (Å²) < 4.78 is 0. The van der Waals surface area contributed by atoms with Gasteiger partial charge in [-0.2, -0.15) is 0 Å². The van der Waals surface area contributed by atoms with Crippen LogP contribution in [0.5, 0.6) is 0 Å². The Labute approximate surface area is 111 Å². The Hall–Kier alpha value is -0.670. The first kappa shape index (κ1) is 12.8. The first-order valence-electron chi connectivity index (χ1n) is 5.74. The number of amides is 1. The van der Waals surface area contributed by atoms with Gasteiger partial charge in [0.15, 0.2) is 0 Å². The third-order valence-corrected chi connectivity index (χ3v) is 4.86. The average Bonchev–Trinajstić information content (AvgIpc) is 2.61. The Morgan fingerprint density at radius 2 is 2.18 bits per heavy atom. The lowest BCUT2D eigenvalue weighted by Crippen LogP contribution is -2.24. The number of thioether (sulfide) groups is 1. The maximum atomic E-state index is 11.8. The summed E-state index contributed by atoms with van der Waals surface area (Å²) in [6.07, 6.45) is 0.939. The summed E-state index contributed by atoms with van der Waals surface area (Å²) in [5.41, 5.74) is 1.11. The van der Waals surface area contributed by atoms with Gasteiger partial charge in [-0.15, -0.1) is 11.8 Å². The van der Waals surface area contributed by atoms with Crippen LogP contribution in [0.25, 0.3) is 0 Å². The number of rotatable bonds is 3. The Bertz CT molecular complexity index is 424. The molecule has 2 nitrogen and oxygen atoms in total. The second-order valence-electron chi connectivity index (χ2n) is 4.34. The monoisotopic (exact) mass is 269 g/mol. The molecule has 0 spiro atoms. The number of nitrogens with zero attached hydrogens (tertiary/aromatic N) is 1. The van der Waals surface area contributed by atoms with E-state index in [-0.39, 0.29) is 16.4 Å². The number of halogens is 1. The van der Waals surface area contributed by atoms with E-state index in [0.29, 0.717) is 0 Å². The summed E-state index contributed by atoms with van der Waals surface area (Å²) >= 11 is 7.87. The molecule has 0 N–H and O–H groups in total. The number of benzene rings is 1. The summed E-state index contributed by atoms with van der Waals surface area (Å²) in [6.45, 7) is 2.98. The highest BCUT2D eigenvalue weighted by atomic mass is 35.5. The van der Waals surface area contributed by atoms with E-state index >= 15 is 0 Å². The lowest BCUT2D eigenvalue weighted by Gasteiger charge is -2.17. The van der Waals surface area contributed by atoms with Crippen molar-refractivity contribution in [1.82, 2.24) is 4.90 Å². The van der Waals surface area contributed by atoms with Gasteiger partial charge in [-0.05, 0) is 25.0 Å². The normalized spacial score (nSPS) is 21.9. The van der Waals surface area contributed by atoms with Crippen LogP contribution in [0.3, 0.4) is 0 Å². The summed E-state index contributed by atoms with van der Waals surface area (Å²) in [5, 5.41) is 1.13. The quantitative estimate of drug-likeness (QED) is 0.839.